The van der Waals surface area contributed by atoms with Crippen molar-refractivity contribution in [2.24, 2.45) is 5.73 Å². The van der Waals surface area contributed by atoms with Crippen LogP contribution in [0.1, 0.15) is 48.8 Å². The smallest absolute Gasteiger partial charge is 0.324 e. The molecule has 0 saturated carbocycles. The van der Waals surface area contributed by atoms with Crippen molar-refractivity contribution in [1.29, 1.82) is 0 Å². The first-order valence-electron chi connectivity index (χ1n) is 11.4. The van der Waals surface area contributed by atoms with E-state index in [0.29, 0.717) is 34.4 Å². The summed E-state index contributed by atoms with van der Waals surface area (Å²) in [6.07, 6.45) is 0.205. The van der Waals surface area contributed by atoms with E-state index in [1.54, 1.807) is 34.1 Å². The molecule has 1 saturated heterocycles. The second-order valence-corrected chi connectivity index (χ2v) is 11.3. The Balaban J connectivity index is 1.80. The quantitative estimate of drug-likeness (QED) is 0.485. The highest BCUT2D eigenvalue weighted by atomic mass is 35.5. The Kier molecular flexibility index (Phi) is 8.86. The number of halogens is 2. The Bertz CT molecular complexity index is 1180. The van der Waals surface area contributed by atoms with Crippen LogP contribution < -0.4 is 16.4 Å². The number of thiophene rings is 1. The first-order chi connectivity index (χ1) is 16.9. The molecule has 0 unspecified atom stereocenters. The first-order valence-corrected chi connectivity index (χ1v) is 13.0. The number of benzene rings is 1. The number of amides is 5. The van der Waals surface area contributed by atoms with Crippen LogP contribution in [0.5, 0.6) is 0 Å². The van der Waals surface area contributed by atoms with Gasteiger partial charge in [0, 0.05) is 43.9 Å². The Morgan fingerprint density at radius 2 is 1.83 bits per heavy atom. The Hall–Kier alpha value is -2.82. The van der Waals surface area contributed by atoms with Gasteiger partial charge in [0.1, 0.15) is 5.00 Å². The summed E-state index contributed by atoms with van der Waals surface area (Å²) in [7, 11) is 0. The molecule has 1 aromatic carbocycles. The molecule has 4 N–H and O–H groups in total. The number of urea groups is 1. The first kappa shape index (κ1) is 27.8. The molecule has 1 aromatic heterocycles. The van der Waals surface area contributed by atoms with Crippen molar-refractivity contribution in [3.63, 3.8) is 0 Å². The van der Waals surface area contributed by atoms with Crippen molar-refractivity contribution in [3.8, 4) is 0 Å². The summed E-state index contributed by atoms with van der Waals surface area (Å²) in [6.45, 7) is 7.10. The normalized spacial score (nSPS) is 14.4. The molecule has 12 heteroatoms. The topological polar surface area (TPSA) is 125 Å². The van der Waals surface area contributed by atoms with Crippen LogP contribution in [0.4, 0.5) is 15.5 Å². The molecule has 3 rings (SSSR count). The molecular formula is C24H29Cl2N5O4S. The zero-order valence-electron chi connectivity index (χ0n) is 20.3. The lowest BCUT2D eigenvalue weighted by atomic mass is 9.94. The maximum absolute atomic E-state index is 13.6. The maximum Gasteiger partial charge on any atom is 0.324 e. The van der Waals surface area contributed by atoms with E-state index in [9.17, 15) is 19.2 Å². The van der Waals surface area contributed by atoms with Crippen LogP contribution in [0.25, 0.3) is 0 Å². The molecule has 2 aromatic rings. The molecule has 0 spiro atoms. The molecule has 1 aliphatic rings. The number of nitrogens with two attached hydrogens (primary N) is 1. The van der Waals surface area contributed by atoms with Crippen LogP contribution in [-0.4, -0.2) is 59.7 Å². The molecule has 0 bridgehead atoms. The summed E-state index contributed by atoms with van der Waals surface area (Å²) in [4.78, 5) is 54.0. The van der Waals surface area contributed by atoms with Gasteiger partial charge in [-0.15, -0.1) is 11.3 Å². The second kappa shape index (κ2) is 11.5. The van der Waals surface area contributed by atoms with E-state index in [4.69, 9.17) is 28.9 Å². The number of carbonyl (C=O) groups excluding carboxylic acids is 4. The molecule has 9 nitrogen and oxygen atoms in total. The summed E-state index contributed by atoms with van der Waals surface area (Å²) < 4.78 is 0. The minimum absolute atomic E-state index is 0.0684. The number of nitrogens with one attached hydrogen (secondary N) is 2. The highest BCUT2D eigenvalue weighted by Gasteiger charge is 2.29. The molecule has 2 heterocycles. The summed E-state index contributed by atoms with van der Waals surface area (Å²) >= 11 is 13.5. The summed E-state index contributed by atoms with van der Waals surface area (Å²) in [5.41, 5.74) is 5.63. The van der Waals surface area contributed by atoms with E-state index in [-0.39, 0.29) is 48.2 Å². The molecule has 0 radical (unpaired) electrons. The van der Waals surface area contributed by atoms with E-state index in [1.165, 1.54) is 11.3 Å². The highest BCUT2D eigenvalue weighted by molar-refractivity contribution is 7.16. The number of anilines is 2. The van der Waals surface area contributed by atoms with Gasteiger partial charge in [0.25, 0.3) is 5.91 Å². The van der Waals surface area contributed by atoms with Crippen molar-refractivity contribution < 1.29 is 19.2 Å². The van der Waals surface area contributed by atoms with Crippen molar-refractivity contribution in [2.75, 3.05) is 36.8 Å². The van der Waals surface area contributed by atoms with Crippen molar-refractivity contribution in [1.82, 2.24) is 9.80 Å². The fourth-order valence-electron chi connectivity index (χ4n) is 3.59. The largest absolute Gasteiger partial charge is 0.370 e. The monoisotopic (exact) mass is 553 g/mol. The number of nitrogens with zero attached hydrogens (tertiary/aromatic N) is 2. The van der Waals surface area contributed by atoms with Crippen LogP contribution in [0, 0.1) is 0 Å². The van der Waals surface area contributed by atoms with Crippen LogP contribution in [0.15, 0.2) is 24.3 Å². The fourth-order valence-corrected chi connectivity index (χ4v) is 5.04. The lowest BCUT2D eigenvalue weighted by molar-refractivity contribution is -0.130. The van der Waals surface area contributed by atoms with Crippen LogP contribution >= 0.6 is 34.5 Å². The fraction of sp³-hybridized carbons (Fsp3) is 0.417. The van der Waals surface area contributed by atoms with Gasteiger partial charge < -0.3 is 20.9 Å². The second-order valence-electron chi connectivity index (χ2n) is 9.42. The van der Waals surface area contributed by atoms with Crippen molar-refractivity contribution >= 4 is 69.0 Å². The van der Waals surface area contributed by atoms with E-state index < -0.39 is 11.9 Å². The number of hydrogen-bond donors (Lipinski definition) is 3. The van der Waals surface area contributed by atoms with E-state index in [2.05, 4.69) is 10.6 Å². The third kappa shape index (κ3) is 6.89. The Morgan fingerprint density at radius 3 is 2.50 bits per heavy atom. The SMILES string of the molecule is CC(C)(C)c1cc(C(=O)N2CCC(=O)N(CCC(N)=O)CC2)c(NC(=O)Nc2cccc(Cl)c2Cl)s1. The maximum atomic E-state index is 13.6. The third-order valence-electron chi connectivity index (χ3n) is 5.63. The van der Waals surface area contributed by atoms with E-state index >= 15 is 0 Å². The lowest BCUT2D eigenvalue weighted by Crippen LogP contribution is -2.37. The minimum atomic E-state index is -0.570. The molecule has 0 atom stereocenters. The molecule has 1 aliphatic heterocycles. The lowest BCUT2D eigenvalue weighted by Gasteiger charge is -2.22. The van der Waals surface area contributed by atoms with Gasteiger partial charge in [-0.2, -0.15) is 0 Å². The summed E-state index contributed by atoms with van der Waals surface area (Å²) in [6, 6.07) is 6.10. The predicted octanol–water partition coefficient (Wildman–Crippen LogP) is 4.55. The Morgan fingerprint density at radius 1 is 1.11 bits per heavy atom. The predicted molar refractivity (Wildman–Crippen MR) is 143 cm³/mol. The van der Waals surface area contributed by atoms with Gasteiger partial charge in [-0.05, 0) is 23.6 Å². The molecule has 0 aliphatic carbocycles. The Labute approximate surface area is 223 Å². The van der Waals surface area contributed by atoms with Gasteiger partial charge in [-0.25, -0.2) is 4.79 Å². The zero-order valence-corrected chi connectivity index (χ0v) is 22.6. The van der Waals surface area contributed by atoms with E-state index in [0.717, 1.165) is 4.88 Å². The van der Waals surface area contributed by atoms with Gasteiger partial charge in [0.15, 0.2) is 0 Å². The summed E-state index contributed by atoms with van der Waals surface area (Å²) in [5, 5.41) is 6.34. The van der Waals surface area contributed by atoms with Crippen molar-refractivity contribution in [2.45, 2.75) is 39.0 Å². The van der Waals surface area contributed by atoms with Crippen LogP contribution in [0.2, 0.25) is 10.0 Å². The molecule has 5 amide bonds. The number of hydrogen-bond acceptors (Lipinski definition) is 5. The van der Waals surface area contributed by atoms with Gasteiger partial charge in [0.2, 0.25) is 11.8 Å². The number of primary amides is 1. The van der Waals surface area contributed by atoms with Gasteiger partial charge >= 0.3 is 6.03 Å². The van der Waals surface area contributed by atoms with Gasteiger partial charge in [-0.3, -0.25) is 19.7 Å². The number of carbonyl (C=O) groups is 4. The van der Waals surface area contributed by atoms with Gasteiger partial charge in [-0.1, -0.05) is 50.0 Å². The molecule has 1 fully saturated rings. The van der Waals surface area contributed by atoms with Crippen LogP contribution in [0.3, 0.4) is 0 Å². The van der Waals surface area contributed by atoms with E-state index in [1.807, 2.05) is 20.8 Å². The minimum Gasteiger partial charge on any atom is -0.370 e. The molecular weight excluding hydrogens is 525 g/mol. The van der Waals surface area contributed by atoms with Gasteiger partial charge in [0.05, 0.1) is 21.3 Å². The average Bonchev–Trinajstić information content (AvgIpc) is 3.12. The standard InChI is InChI=1S/C24H29Cl2N5O4S/c1-24(2,3)17-13-14(21(36-17)29-23(35)28-16-6-4-5-15(25)20(16)26)22(34)31-10-8-19(33)30(11-12-31)9-7-18(27)32/h4-6,13H,7-12H2,1-3H3,(H2,27,32)(H2,28,29,35). The number of rotatable bonds is 6. The van der Waals surface area contributed by atoms with Crippen molar-refractivity contribution in [3.05, 3.63) is 44.8 Å². The molecule has 36 heavy (non-hydrogen) atoms. The molecule has 194 valence electrons. The third-order valence-corrected chi connectivity index (χ3v) is 7.93. The van der Waals surface area contributed by atoms with Crippen LogP contribution in [-0.2, 0) is 15.0 Å². The highest BCUT2D eigenvalue weighted by Crippen LogP contribution is 2.37. The zero-order chi connectivity index (χ0) is 26.6. The average molecular weight is 555 g/mol. The summed E-state index contributed by atoms with van der Waals surface area (Å²) in [5.74, 6) is -0.910.